The number of hydrogen-bond donors (Lipinski definition) is 2. The second kappa shape index (κ2) is 9.27. The van der Waals surface area contributed by atoms with E-state index in [0.29, 0.717) is 18.7 Å². The fourth-order valence-electron chi connectivity index (χ4n) is 1.94. The summed E-state index contributed by atoms with van der Waals surface area (Å²) in [6.45, 7) is 9.96. The molecule has 1 aromatic rings. The zero-order valence-corrected chi connectivity index (χ0v) is 15.1. The minimum absolute atomic E-state index is 0.103. The van der Waals surface area contributed by atoms with Gasteiger partial charge in [0.15, 0.2) is 0 Å². The highest BCUT2D eigenvalue weighted by atomic mass is 16.6. The minimum Gasteiger partial charge on any atom is -0.444 e. The molecule has 1 unspecified atom stereocenters. The number of alkyl carbamates (subject to hydrolysis) is 1. The van der Waals surface area contributed by atoms with Crippen molar-refractivity contribution in [3.05, 3.63) is 35.9 Å². The van der Waals surface area contributed by atoms with Gasteiger partial charge in [0.1, 0.15) is 11.6 Å². The first-order chi connectivity index (χ1) is 11.2. The third kappa shape index (κ3) is 7.97. The zero-order chi connectivity index (χ0) is 18.2. The van der Waals surface area contributed by atoms with E-state index in [1.807, 2.05) is 32.0 Å². The van der Waals surface area contributed by atoms with Crippen LogP contribution in [0.4, 0.5) is 4.79 Å². The van der Waals surface area contributed by atoms with Crippen molar-refractivity contribution in [3.8, 4) is 0 Å². The van der Waals surface area contributed by atoms with E-state index in [9.17, 15) is 9.59 Å². The predicted molar refractivity (Wildman–Crippen MR) is 92.7 cm³/mol. The normalized spacial score (nSPS) is 12.6. The number of amides is 2. The van der Waals surface area contributed by atoms with Crippen LogP contribution in [0.15, 0.2) is 30.3 Å². The summed E-state index contributed by atoms with van der Waals surface area (Å²) >= 11 is 0. The molecule has 0 aliphatic rings. The molecular weight excluding hydrogens is 308 g/mol. The van der Waals surface area contributed by atoms with Gasteiger partial charge in [-0.15, -0.1) is 0 Å². The highest BCUT2D eigenvalue weighted by Gasteiger charge is 2.25. The Morgan fingerprint density at radius 2 is 1.75 bits per heavy atom. The predicted octanol–water partition coefficient (Wildman–Crippen LogP) is 2.79. The van der Waals surface area contributed by atoms with Gasteiger partial charge in [0, 0.05) is 6.54 Å². The van der Waals surface area contributed by atoms with Crippen molar-refractivity contribution in [2.45, 2.75) is 52.4 Å². The molecule has 0 fully saturated rings. The lowest BCUT2D eigenvalue weighted by Crippen LogP contribution is -2.43. The first kappa shape index (κ1) is 20.0. The van der Waals surface area contributed by atoms with Crippen molar-refractivity contribution in [3.63, 3.8) is 0 Å². The van der Waals surface area contributed by atoms with Crippen LogP contribution in [0.5, 0.6) is 0 Å². The second-order valence-electron chi connectivity index (χ2n) is 6.70. The first-order valence-electron chi connectivity index (χ1n) is 8.13. The summed E-state index contributed by atoms with van der Waals surface area (Å²) in [5.41, 5.74) is 0.0537. The van der Waals surface area contributed by atoms with Gasteiger partial charge in [0.05, 0.1) is 12.7 Å². The molecule has 0 aliphatic heterocycles. The summed E-state index contributed by atoms with van der Waals surface area (Å²) in [4.78, 5) is 24.5. The third-order valence-corrected chi connectivity index (χ3v) is 2.91. The van der Waals surface area contributed by atoms with Crippen LogP contribution >= 0.6 is 0 Å². The molecule has 0 bridgehead atoms. The minimum atomic E-state index is -0.819. The number of benzene rings is 1. The molecule has 0 aromatic heterocycles. The first-order valence-corrected chi connectivity index (χ1v) is 8.13. The molecule has 2 N–H and O–H groups in total. The molecule has 1 atom stereocenters. The average Bonchev–Trinajstić information content (AvgIpc) is 2.48. The van der Waals surface area contributed by atoms with Gasteiger partial charge in [-0.1, -0.05) is 30.3 Å². The van der Waals surface area contributed by atoms with E-state index >= 15 is 0 Å². The number of rotatable bonds is 7. The molecule has 1 rings (SSSR count). The van der Waals surface area contributed by atoms with Crippen molar-refractivity contribution in [2.24, 2.45) is 0 Å². The summed E-state index contributed by atoms with van der Waals surface area (Å²) in [6.07, 6.45) is -0.531. The van der Waals surface area contributed by atoms with Crippen LogP contribution in [-0.2, 0) is 14.3 Å². The van der Waals surface area contributed by atoms with Gasteiger partial charge in [-0.2, -0.15) is 0 Å². The third-order valence-electron chi connectivity index (χ3n) is 2.91. The fourth-order valence-corrected chi connectivity index (χ4v) is 1.94. The van der Waals surface area contributed by atoms with Crippen LogP contribution < -0.4 is 10.6 Å². The number of ether oxygens (including phenoxy) is 2. The molecular formula is C18H28N2O4. The maximum Gasteiger partial charge on any atom is 0.408 e. The Kier molecular flexibility index (Phi) is 7.71. The Bertz CT molecular complexity index is 524. The van der Waals surface area contributed by atoms with Gasteiger partial charge < -0.3 is 20.1 Å². The molecule has 6 nitrogen and oxygen atoms in total. The number of carbonyl (C=O) groups is 2. The van der Waals surface area contributed by atoms with Crippen molar-refractivity contribution < 1.29 is 19.1 Å². The van der Waals surface area contributed by atoms with Crippen molar-refractivity contribution >= 4 is 12.0 Å². The summed E-state index contributed by atoms with van der Waals surface area (Å²) in [7, 11) is 0. The second-order valence-corrected chi connectivity index (χ2v) is 6.70. The summed E-state index contributed by atoms with van der Waals surface area (Å²) in [5.74, 6) is -0.306. The highest BCUT2D eigenvalue weighted by Crippen LogP contribution is 2.14. The van der Waals surface area contributed by atoms with E-state index in [-0.39, 0.29) is 12.0 Å². The van der Waals surface area contributed by atoms with Crippen LogP contribution in [0.1, 0.15) is 46.2 Å². The molecule has 0 radical (unpaired) electrons. The van der Waals surface area contributed by atoms with E-state index in [2.05, 4.69) is 10.6 Å². The van der Waals surface area contributed by atoms with Gasteiger partial charge >= 0.3 is 6.09 Å². The van der Waals surface area contributed by atoms with E-state index in [1.165, 1.54) is 0 Å². The summed E-state index contributed by atoms with van der Waals surface area (Å²) < 4.78 is 10.6. The zero-order valence-electron chi connectivity index (χ0n) is 15.1. The molecule has 6 heteroatoms. The maximum atomic E-state index is 12.5. The maximum absolute atomic E-state index is 12.5. The summed E-state index contributed by atoms with van der Waals surface area (Å²) in [5, 5.41) is 5.40. The van der Waals surface area contributed by atoms with Gasteiger partial charge in [0.2, 0.25) is 5.91 Å². The van der Waals surface area contributed by atoms with Crippen LogP contribution in [0.25, 0.3) is 0 Å². The standard InChI is InChI=1S/C18H28N2O4/c1-13(2)23-12-11-19-16(21)15(14-9-7-6-8-10-14)20-17(22)24-18(3,4)5/h6-10,13,15H,11-12H2,1-5H3,(H,19,21)(H,20,22). The van der Waals surface area contributed by atoms with Crippen molar-refractivity contribution in [2.75, 3.05) is 13.2 Å². The largest absolute Gasteiger partial charge is 0.444 e. The lowest BCUT2D eigenvalue weighted by molar-refractivity contribution is -0.123. The van der Waals surface area contributed by atoms with E-state index in [0.717, 1.165) is 0 Å². The van der Waals surface area contributed by atoms with Crippen LogP contribution in [-0.4, -0.2) is 36.9 Å². The van der Waals surface area contributed by atoms with E-state index in [1.54, 1.807) is 32.9 Å². The van der Waals surface area contributed by atoms with Gasteiger partial charge in [0.25, 0.3) is 0 Å². The Labute approximate surface area is 143 Å². The lowest BCUT2D eigenvalue weighted by atomic mass is 10.1. The Morgan fingerprint density at radius 1 is 1.12 bits per heavy atom. The van der Waals surface area contributed by atoms with E-state index in [4.69, 9.17) is 9.47 Å². The average molecular weight is 336 g/mol. The summed E-state index contributed by atoms with van der Waals surface area (Å²) in [6, 6.07) is 8.23. The topological polar surface area (TPSA) is 76.7 Å². The fraction of sp³-hybridized carbons (Fsp3) is 0.556. The van der Waals surface area contributed by atoms with Gasteiger partial charge in [-0.25, -0.2) is 4.79 Å². The molecule has 0 heterocycles. The van der Waals surface area contributed by atoms with Crippen LogP contribution in [0.2, 0.25) is 0 Å². The van der Waals surface area contributed by atoms with E-state index < -0.39 is 17.7 Å². The smallest absolute Gasteiger partial charge is 0.408 e. The highest BCUT2D eigenvalue weighted by molar-refractivity contribution is 5.86. The Morgan fingerprint density at radius 3 is 2.29 bits per heavy atom. The van der Waals surface area contributed by atoms with Crippen molar-refractivity contribution in [1.82, 2.24) is 10.6 Å². The SMILES string of the molecule is CC(C)OCCNC(=O)C(NC(=O)OC(C)(C)C)c1ccccc1. The Balaban J connectivity index is 2.72. The molecule has 0 aliphatic carbocycles. The number of nitrogens with one attached hydrogen (secondary N) is 2. The van der Waals surface area contributed by atoms with Gasteiger partial charge in [-0.05, 0) is 40.2 Å². The van der Waals surface area contributed by atoms with Crippen molar-refractivity contribution in [1.29, 1.82) is 0 Å². The van der Waals surface area contributed by atoms with Crippen LogP contribution in [0.3, 0.4) is 0 Å². The number of hydrogen-bond acceptors (Lipinski definition) is 4. The van der Waals surface area contributed by atoms with Gasteiger partial charge in [-0.3, -0.25) is 4.79 Å². The Hall–Kier alpha value is -2.08. The molecule has 1 aromatic carbocycles. The quantitative estimate of drug-likeness (QED) is 0.751. The molecule has 0 spiro atoms. The number of carbonyl (C=O) groups excluding carboxylic acids is 2. The lowest BCUT2D eigenvalue weighted by Gasteiger charge is -2.23. The van der Waals surface area contributed by atoms with Crippen LogP contribution in [0, 0.1) is 0 Å². The molecule has 0 saturated carbocycles. The monoisotopic (exact) mass is 336 g/mol. The molecule has 24 heavy (non-hydrogen) atoms. The molecule has 2 amide bonds. The molecule has 134 valence electrons. The molecule has 0 saturated heterocycles.